The second-order valence-electron chi connectivity index (χ2n) is 5.09. The molecule has 0 saturated carbocycles. The lowest BCUT2D eigenvalue weighted by molar-refractivity contribution is 0.0997. The first-order chi connectivity index (χ1) is 12.1. The smallest absolute Gasteiger partial charge is 0.293 e. The fourth-order valence-corrected chi connectivity index (χ4v) is 3.65. The molecule has 0 spiro atoms. The number of nitrogens with zero attached hydrogens (tertiary/aromatic N) is 2. The lowest BCUT2D eigenvalue weighted by Crippen LogP contribution is -2.15. The van der Waals surface area contributed by atoms with E-state index in [1.807, 2.05) is 13.0 Å². The Morgan fingerprint density at radius 1 is 1.40 bits per heavy atom. The van der Waals surface area contributed by atoms with Gasteiger partial charge in [-0.25, -0.2) is 0 Å². The molecule has 128 valence electrons. The van der Waals surface area contributed by atoms with Crippen molar-refractivity contribution in [3.63, 3.8) is 0 Å². The predicted octanol–water partition coefficient (Wildman–Crippen LogP) is 3.74. The van der Waals surface area contributed by atoms with Gasteiger partial charge in [-0.3, -0.25) is 14.9 Å². The first-order valence-corrected chi connectivity index (χ1v) is 9.36. The van der Waals surface area contributed by atoms with Gasteiger partial charge in [-0.1, -0.05) is 42.2 Å². The summed E-state index contributed by atoms with van der Waals surface area (Å²) in [5, 5.41) is 11.3. The number of hydrogen-bond acceptors (Lipinski definition) is 7. The Bertz CT molecular complexity index is 994. The quantitative estimate of drug-likeness (QED) is 0.402. The fourth-order valence-electron chi connectivity index (χ4n) is 2.14. The highest BCUT2D eigenvalue weighted by molar-refractivity contribution is 8.01. The molecule has 8 heteroatoms. The Hall–Kier alpha value is -2.45. The summed E-state index contributed by atoms with van der Waals surface area (Å²) < 4.78 is 6.30. The number of benzene rings is 1. The normalized spacial score (nSPS) is 10.8. The Morgan fingerprint density at radius 3 is 3.00 bits per heavy atom. The van der Waals surface area contributed by atoms with E-state index in [-0.39, 0.29) is 11.2 Å². The van der Waals surface area contributed by atoms with E-state index in [1.54, 1.807) is 18.2 Å². The van der Waals surface area contributed by atoms with Gasteiger partial charge in [0.05, 0.1) is 5.39 Å². The van der Waals surface area contributed by atoms with Gasteiger partial charge in [0.2, 0.25) is 5.13 Å². The number of aromatic nitrogens is 2. The van der Waals surface area contributed by atoms with Crippen LogP contribution in [0, 0.1) is 0 Å². The van der Waals surface area contributed by atoms with Crippen molar-refractivity contribution in [2.24, 2.45) is 0 Å². The summed E-state index contributed by atoms with van der Waals surface area (Å²) in [7, 11) is 0. The lowest BCUT2D eigenvalue weighted by atomic mass is 10.1. The maximum atomic E-state index is 12.3. The highest BCUT2D eigenvalue weighted by Crippen LogP contribution is 2.25. The van der Waals surface area contributed by atoms with Crippen molar-refractivity contribution >= 4 is 45.1 Å². The van der Waals surface area contributed by atoms with E-state index in [2.05, 4.69) is 22.1 Å². The monoisotopic (exact) mass is 373 g/mol. The minimum atomic E-state index is -0.532. The van der Waals surface area contributed by atoms with Gasteiger partial charge in [0, 0.05) is 11.8 Å². The number of anilines is 1. The summed E-state index contributed by atoms with van der Waals surface area (Å²) >= 11 is 2.72. The van der Waals surface area contributed by atoms with E-state index in [0.717, 1.165) is 16.3 Å². The summed E-state index contributed by atoms with van der Waals surface area (Å²) in [6.45, 7) is 5.65. The minimum absolute atomic E-state index is 0.0581. The molecule has 0 radical (unpaired) electrons. The standard InChI is InChI=1S/C17H15N3O3S2/c1-3-7-24-17-20-19-16(25-17)18-15(22)14-9-12(21)11-8-10(4-2)5-6-13(11)23-14/h3,5-6,8-9H,1,4,7H2,2H3,(H,18,19,22). The molecule has 0 fully saturated rings. The molecular formula is C17H15N3O3S2. The second kappa shape index (κ2) is 7.62. The van der Waals surface area contributed by atoms with E-state index in [0.29, 0.717) is 21.9 Å². The van der Waals surface area contributed by atoms with E-state index < -0.39 is 5.91 Å². The molecule has 25 heavy (non-hydrogen) atoms. The molecular weight excluding hydrogens is 358 g/mol. The van der Waals surface area contributed by atoms with Crippen LogP contribution in [0.4, 0.5) is 5.13 Å². The predicted molar refractivity (Wildman–Crippen MR) is 101 cm³/mol. The molecule has 2 heterocycles. The fraction of sp³-hybridized carbons (Fsp3) is 0.176. The molecule has 1 N–H and O–H groups in total. The Kier molecular flexibility index (Phi) is 5.30. The average molecular weight is 373 g/mol. The van der Waals surface area contributed by atoms with E-state index in [1.165, 1.54) is 29.2 Å². The van der Waals surface area contributed by atoms with Crippen LogP contribution in [0.25, 0.3) is 11.0 Å². The highest BCUT2D eigenvalue weighted by Gasteiger charge is 2.15. The molecule has 0 aliphatic carbocycles. The molecule has 6 nitrogen and oxygen atoms in total. The van der Waals surface area contributed by atoms with Crippen LogP contribution >= 0.6 is 23.1 Å². The molecule has 3 aromatic rings. The first kappa shape index (κ1) is 17.4. The van der Waals surface area contributed by atoms with Crippen LogP contribution in [0.5, 0.6) is 0 Å². The van der Waals surface area contributed by atoms with Crippen LogP contribution in [0.15, 0.2) is 50.5 Å². The molecule has 0 bridgehead atoms. The minimum Gasteiger partial charge on any atom is -0.451 e. The van der Waals surface area contributed by atoms with Crippen molar-refractivity contribution in [3.8, 4) is 0 Å². The summed E-state index contributed by atoms with van der Waals surface area (Å²) in [4.78, 5) is 24.6. The molecule has 1 amide bonds. The van der Waals surface area contributed by atoms with Gasteiger partial charge in [-0.2, -0.15) is 0 Å². The van der Waals surface area contributed by atoms with E-state index >= 15 is 0 Å². The summed E-state index contributed by atoms with van der Waals surface area (Å²) in [5.74, 6) is 0.120. The first-order valence-electron chi connectivity index (χ1n) is 7.56. The van der Waals surface area contributed by atoms with E-state index in [4.69, 9.17) is 4.42 Å². The largest absolute Gasteiger partial charge is 0.451 e. The summed E-state index contributed by atoms with van der Waals surface area (Å²) in [6.07, 6.45) is 2.58. The summed E-state index contributed by atoms with van der Waals surface area (Å²) in [6, 6.07) is 6.57. The maximum absolute atomic E-state index is 12.3. The number of amides is 1. The van der Waals surface area contributed by atoms with Crippen LogP contribution in [-0.4, -0.2) is 21.9 Å². The Morgan fingerprint density at radius 2 is 2.24 bits per heavy atom. The zero-order valence-electron chi connectivity index (χ0n) is 13.4. The molecule has 0 unspecified atom stereocenters. The highest BCUT2D eigenvalue weighted by atomic mass is 32.2. The van der Waals surface area contributed by atoms with Crippen molar-refractivity contribution in [1.29, 1.82) is 0 Å². The van der Waals surface area contributed by atoms with Crippen LogP contribution < -0.4 is 10.7 Å². The number of carbonyl (C=O) groups excluding carboxylic acids is 1. The topological polar surface area (TPSA) is 85.1 Å². The van der Waals surface area contributed by atoms with E-state index in [9.17, 15) is 9.59 Å². The summed E-state index contributed by atoms with van der Waals surface area (Å²) in [5.41, 5.74) is 1.17. The number of nitrogens with one attached hydrogen (secondary N) is 1. The van der Waals surface area contributed by atoms with Gasteiger partial charge in [0.15, 0.2) is 15.5 Å². The van der Waals surface area contributed by atoms with Crippen molar-refractivity contribution in [1.82, 2.24) is 10.2 Å². The van der Waals surface area contributed by atoms with Crippen LogP contribution in [0.2, 0.25) is 0 Å². The average Bonchev–Trinajstić information content (AvgIpc) is 3.06. The number of thioether (sulfide) groups is 1. The van der Waals surface area contributed by atoms with Crippen molar-refractivity contribution in [3.05, 3.63) is 58.5 Å². The third kappa shape index (κ3) is 3.97. The van der Waals surface area contributed by atoms with Gasteiger partial charge >= 0.3 is 0 Å². The van der Waals surface area contributed by atoms with Crippen molar-refractivity contribution in [2.45, 2.75) is 17.7 Å². The number of aryl methyl sites for hydroxylation is 1. The second-order valence-corrected chi connectivity index (χ2v) is 7.33. The third-order valence-corrected chi connectivity index (χ3v) is 5.34. The van der Waals surface area contributed by atoms with Gasteiger partial charge in [-0.15, -0.1) is 16.8 Å². The number of hydrogen-bond donors (Lipinski definition) is 1. The van der Waals surface area contributed by atoms with Gasteiger partial charge in [0.25, 0.3) is 5.91 Å². The van der Waals surface area contributed by atoms with Crippen LogP contribution in [-0.2, 0) is 6.42 Å². The van der Waals surface area contributed by atoms with Crippen molar-refractivity contribution < 1.29 is 9.21 Å². The third-order valence-electron chi connectivity index (χ3n) is 3.38. The Labute approximate surface area is 152 Å². The molecule has 1 aromatic carbocycles. The molecule has 2 aromatic heterocycles. The zero-order valence-corrected chi connectivity index (χ0v) is 15.1. The number of fused-ring (bicyclic) bond motifs is 1. The SMILES string of the molecule is C=CCSc1nnc(NC(=O)c2cc(=O)c3cc(CC)ccc3o2)s1. The molecule has 3 rings (SSSR count). The van der Waals surface area contributed by atoms with Crippen molar-refractivity contribution in [2.75, 3.05) is 11.1 Å². The lowest BCUT2D eigenvalue weighted by Gasteiger charge is -2.04. The molecule has 0 aliphatic heterocycles. The number of rotatable bonds is 6. The zero-order chi connectivity index (χ0) is 17.8. The van der Waals surface area contributed by atoms with Crippen LogP contribution in [0.1, 0.15) is 23.0 Å². The molecule has 0 aliphatic rings. The van der Waals surface area contributed by atoms with Gasteiger partial charge in [0.1, 0.15) is 5.58 Å². The maximum Gasteiger partial charge on any atom is 0.293 e. The number of carbonyl (C=O) groups is 1. The van der Waals surface area contributed by atoms with Gasteiger partial charge < -0.3 is 4.42 Å². The van der Waals surface area contributed by atoms with Gasteiger partial charge in [-0.05, 0) is 24.1 Å². The van der Waals surface area contributed by atoms with Crippen LogP contribution in [0.3, 0.4) is 0 Å². The molecule has 0 saturated heterocycles. The molecule has 0 atom stereocenters. The Balaban J connectivity index is 1.83.